The van der Waals surface area contributed by atoms with Crippen molar-refractivity contribution in [2.24, 2.45) is 11.7 Å². The summed E-state index contributed by atoms with van der Waals surface area (Å²) in [6, 6.07) is -0.277. The Bertz CT molecular complexity index is 585. The first-order chi connectivity index (χ1) is 9.78. The van der Waals surface area contributed by atoms with Gasteiger partial charge in [0.2, 0.25) is 0 Å². The maximum atomic E-state index is 11.5. The van der Waals surface area contributed by atoms with Crippen LogP contribution in [0.15, 0.2) is 6.20 Å². The lowest BCUT2D eigenvalue weighted by atomic mass is 9.98. The minimum atomic E-state index is -2.87. The van der Waals surface area contributed by atoms with E-state index >= 15 is 0 Å². The zero-order valence-corrected chi connectivity index (χ0v) is 14.1. The fraction of sp³-hybridized carbons (Fsp3) is 0.769. The Labute approximate surface area is 131 Å². The zero-order valence-electron chi connectivity index (χ0n) is 12.5. The van der Waals surface area contributed by atoms with Crippen LogP contribution in [0.3, 0.4) is 0 Å². The molecule has 2 N–H and O–H groups in total. The molecule has 0 spiro atoms. The van der Waals surface area contributed by atoms with Crippen LogP contribution < -0.4 is 5.73 Å². The van der Waals surface area contributed by atoms with Crippen LogP contribution in [0.1, 0.15) is 24.6 Å². The smallest absolute Gasteiger partial charge is 0.150 e. The second-order valence-electron chi connectivity index (χ2n) is 6.02. The van der Waals surface area contributed by atoms with Crippen LogP contribution in [0.25, 0.3) is 0 Å². The van der Waals surface area contributed by atoms with E-state index in [1.54, 1.807) is 6.20 Å². The van der Waals surface area contributed by atoms with Crippen molar-refractivity contribution >= 4 is 21.4 Å². The van der Waals surface area contributed by atoms with E-state index in [0.717, 1.165) is 12.2 Å². The average Bonchev–Trinajstić information content (AvgIpc) is 2.89. The van der Waals surface area contributed by atoms with Gasteiger partial charge in [-0.2, -0.15) is 5.10 Å². The van der Waals surface area contributed by atoms with Gasteiger partial charge in [0.25, 0.3) is 0 Å². The number of halogens is 1. The Morgan fingerprint density at radius 1 is 1.57 bits per heavy atom. The highest BCUT2D eigenvalue weighted by molar-refractivity contribution is 7.91. The van der Waals surface area contributed by atoms with Gasteiger partial charge in [-0.1, -0.05) is 11.6 Å². The molecule has 120 valence electrons. The molecule has 1 aromatic heterocycles. The summed E-state index contributed by atoms with van der Waals surface area (Å²) in [5.74, 6) is 0.639. The van der Waals surface area contributed by atoms with Gasteiger partial charge in [-0.05, 0) is 32.9 Å². The van der Waals surface area contributed by atoms with Gasteiger partial charge in [-0.25, -0.2) is 8.42 Å². The van der Waals surface area contributed by atoms with Crippen molar-refractivity contribution in [1.82, 2.24) is 14.7 Å². The highest BCUT2D eigenvalue weighted by Gasteiger charge is 2.30. The summed E-state index contributed by atoms with van der Waals surface area (Å²) in [6.45, 7) is 1.56. The second kappa shape index (κ2) is 6.64. The average molecular weight is 335 g/mol. The first-order valence-electron chi connectivity index (χ1n) is 7.10. The Kier molecular flexibility index (Phi) is 5.29. The summed E-state index contributed by atoms with van der Waals surface area (Å²) < 4.78 is 24.9. The number of nitrogens with zero attached hydrogens (tertiary/aromatic N) is 3. The minimum absolute atomic E-state index is 0.123. The van der Waals surface area contributed by atoms with E-state index in [4.69, 9.17) is 17.3 Å². The van der Waals surface area contributed by atoms with Crippen molar-refractivity contribution in [3.8, 4) is 0 Å². The first-order valence-corrected chi connectivity index (χ1v) is 9.30. The van der Waals surface area contributed by atoms with Crippen LogP contribution in [-0.4, -0.2) is 55.2 Å². The lowest BCUT2D eigenvalue weighted by Crippen LogP contribution is -2.24. The molecule has 2 heterocycles. The van der Waals surface area contributed by atoms with E-state index in [2.05, 4.69) is 10.00 Å². The lowest BCUT2D eigenvalue weighted by Gasteiger charge is -2.19. The van der Waals surface area contributed by atoms with Gasteiger partial charge < -0.3 is 10.6 Å². The van der Waals surface area contributed by atoms with Crippen molar-refractivity contribution in [3.63, 3.8) is 0 Å². The van der Waals surface area contributed by atoms with Crippen molar-refractivity contribution in [3.05, 3.63) is 16.9 Å². The summed E-state index contributed by atoms with van der Waals surface area (Å²) in [7, 11) is 1.12. The molecule has 1 aliphatic heterocycles. The third-order valence-electron chi connectivity index (χ3n) is 3.86. The molecular weight excluding hydrogens is 312 g/mol. The van der Waals surface area contributed by atoms with Crippen LogP contribution in [0, 0.1) is 5.92 Å². The topological polar surface area (TPSA) is 81.2 Å². The minimum Gasteiger partial charge on any atom is -0.323 e. The number of hydrogen-bond acceptors (Lipinski definition) is 5. The van der Waals surface area contributed by atoms with Crippen LogP contribution >= 0.6 is 11.6 Å². The summed E-state index contributed by atoms with van der Waals surface area (Å²) in [5, 5.41) is 4.83. The summed E-state index contributed by atoms with van der Waals surface area (Å²) >= 11 is 6.20. The van der Waals surface area contributed by atoms with E-state index in [9.17, 15) is 8.42 Å². The molecule has 1 aromatic rings. The molecule has 0 amide bonds. The molecule has 0 radical (unpaired) electrons. The van der Waals surface area contributed by atoms with E-state index in [1.807, 2.05) is 18.8 Å². The molecule has 1 fully saturated rings. The summed E-state index contributed by atoms with van der Waals surface area (Å²) in [5.41, 5.74) is 7.07. The zero-order chi connectivity index (χ0) is 15.6. The summed E-state index contributed by atoms with van der Waals surface area (Å²) in [4.78, 5) is 2.06. The van der Waals surface area contributed by atoms with Crippen molar-refractivity contribution in [2.45, 2.75) is 25.4 Å². The first kappa shape index (κ1) is 16.7. The Morgan fingerprint density at radius 3 is 2.86 bits per heavy atom. The predicted molar refractivity (Wildman–Crippen MR) is 84.1 cm³/mol. The highest BCUT2D eigenvalue weighted by atomic mass is 35.5. The standard InChI is InChI=1S/C13H23ClN4O2S/c1-17(2)4-5-18-13(11(14)8-16-18)12(15)7-10-3-6-21(19,20)9-10/h8,10,12H,3-7,9,15H2,1-2H3. The number of hydrogen-bond donors (Lipinski definition) is 1. The molecule has 2 rings (SSSR count). The largest absolute Gasteiger partial charge is 0.323 e. The van der Waals surface area contributed by atoms with Crippen LogP contribution in [0.2, 0.25) is 5.02 Å². The van der Waals surface area contributed by atoms with Gasteiger partial charge in [0.1, 0.15) is 0 Å². The molecule has 0 aliphatic carbocycles. The van der Waals surface area contributed by atoms with Gasteiger partial charge in [0.15, 0.2) is 9.84 Å². The molecule has 2 atom stereocenters. The second-order valence-corrected chi connectivity index (χ2v) is 8.65. The van der Waals surface area contributed by atoms with E-state index in [1.165, 1.54) is 0 Å². The van der Waals surface area contributed by atoms with Gasteiger partial charge >= 0.3 is 0 Å². The molecular formula is C13H23ClN4O2S. The third-order valence-corrected chi connectivity index (χ3v) is 5.99. The number of aromatic nitrogens is 2. The van der Waals surface area contributed by atoms with E-state index in [-0.39, 0.29) is 23.5 Å². The molecule has 21 heavy (non-hydrogen) atoms. The third kappa shape index (κ3) is 4.42. The van der Waals surface area contributed by atoms with Gasteiger partial charge in [-0.15, -0.1) is 0 Å². The Morgan fingerprint density at radius 2 is 2.29 bits per heavy atom. The molecule has 1 saturated heterocycles. The lowest BCUT2D eigenvalue weighted by molar-refractivity contribution is 0.362. The monoisotopic (exact) mass is 334 g/mol. The maximum absolute atomic E-state index is 11.5. The molecule has 0 aromatic carbocycles. The molecule has 8 heteroatoms. The van der Waals surface area contributed by atoms with Crippen molar-refractivity contribution < 1.29 is 8.42 Å². The molecule has 2 unspecified atom stereocenters. The fourth-order valence-corrected chi connectivity index (χ4v) is 4.90. The molecule has 6 nitrogen and oxygen atoms in total. The van der Waals surface area contributed by atoms with Gasteiger partial charge in [0.05, 0.1) is 35.0 Å². The quantitative estimate of drug-likeness (QED) is 0.836. The predicted octanol–water partition coefficient (Wildman–Crippen LogP) is 0.923. The van der Waals surface area contributed by atoms with Gasteiger partial charge in [-0.3, -0.25) is 4.68 Å². The normalized spacial score (nSPS) is 22.8. The molecule has 0 bridgehead atoms. The van der Waals surface area contributed by atoms with Crippen LogP contribution in [-0.2, 0) is 16.4 Å². The van der Waals surface area contributed by atoms with Crippen LogP contribution in [0.4, 0.5) is 0 Å². The fourth-order valence-electron chi connectivity index (χ4n) is 2.74. The SMILES string of the molecule is CN(C)CCn1ncc(Cl)c1C(N)CC1CCS(=O)(=O)C1. The van der Waals surface area contributed by atoms with E-state index < -0.39 is 9.84 Å². The number of rotatable bonds is 6. The number of nitrogens with two attached hydrogens (primary N) is 1. The maximum Gasteiger partial charge on any atom is 0.150 e. The summed E-state index contributed by atoms with van der Waals surface area (Å²) in [6.07, 6.45) is 2.93. The van der Waals surface area contributed by atoms with Gasteiger partial charge in [0, 0.05) is 12.6 Å². The van der Waals surface area contributed by atoms with E-state index in [0.29, 0.717) is 24.4 Å². The Balaban J connectivity index is 2.05. The highest BCUT2D eigenvalue weighted by Crippen LogP contribution is 2.30. The number of likely N-dealkylation sites (N-methyl/N-ethyl adjacent to an activating group) is 1. The van der Waals surface area contributed by atoms with Crippen LogP contribution in [0.5, 0.6) is 0 Å². The Hall–Kier alpha value is -0.630. The number of sulfone groups is 1. The molecule has 1 aliphatic rings. The van der Waals surface area contributed by atoms with Crippen molar-refractivity contribution in [1.29, 1.82) is 0 Å². The molecule has 0 saturated carbocycles. The van der Waals surface area contributed by atoms with Crippen molar-refractivity contribution in [2.75, 3.05) is 32.1 Å².